The molecule has 1 N–H and O–H groups in total. The predicted octanol–water partition coefficient (Wildman–Crippen LogP) is 0.701. The SMILES string of the molecule is COc1ccccc1C1CNCCN1C(=O)CN1CSCC1=O. The highest BCUT2D eigenvalue weighted by atomic mass is 32.2. The van der Waals surface area contributed by atoms with E-state index in [1.165, 1.54) is 0 Å². The Morgan fingerprint density at radius 1 is 1.43 bits per heavy atom. The molecule has 7 heteroatoms. The molecule has 2 saturated heterocycles. The van der Waals surface area contributed by atoms with Crippen molar-refractivity contribution in [3.8, 4) is 5.75 Å². The lowest BCUT2D eigenvalue weighted by Crippen LogP contribution is -2.51. The molecule has 2 fully saturated rings. The van der Waals surface area contributed by atoms with Crippen molar-refractivity contribution in [2.24, 2.45) is 0 Å². The van der Waals surface area contributed by atoms with E-state index in [0.717, 1.165) is 17.9 Å². The Kier molecular flexibility index (Phi) is 5.07. The molecule has 23 heavy (non-hydrogen) atoms. The minimum atomic E-state index is -0.0715. The molecule has 3 rings (SSSR count). The second-order valence-corrected chi connectivity index (χ2v) is 6.57. The van der Waals surface area contributed by atoms with Crippen LogP contribution in [0.15, 0.2) is 24.3 Å². The first-order valence-electron chi connectivity index (χ1n) is 7.69. The van der Waals surface area contributed by atoms with Crippen molar-refractivity contribution in [2.45, 2.75) is 6.04 Å². The van der Waals surface area contributed by atoms with Crippen molar-refractivity contribution >= 4 is 23.6 Å². The van der Waals surface area contributed by atoms with Gasteiger partial charge in [0.25, 0.3) is 0 Å². The molecule has 0 radical (unpaired) electrons. The van der Waals surface area contributed by atoms with Crippen LogP contribution in [0.25, 0.3) is 0 Å². The van der Waals surface area contributed by atoms with Crippen LogP contribution >= 0.6 is 11.8 Å². The molecule has 124 valence electrons. The Balaban J connectivity index is 1.78. The zero-order valence-electron chi connectivity index (χ0n) is 13.2. The number of ether oxygens (including phenoxy) is 1. The highest BCUT2D eigenvalue weighted by Gasteiger charge is 2.32. The topological polar surface area (TPSA) is 61.9 Å². The number of piperazine rings is 1. The maximum atomic E-state index is 12.7. The van der Waals surface area contributed by atoms with Gasteiger partial charge in [0.1, 0.15) is 12.3 Å². The average Bonchev–Trinajstić information content (AvgIpc) is 2.99. The molecule has 0 spiro atoms. The number of nitrogens with zero attached hydrogens (tertiary/aromatic N) is 2. The Hall–Kier alpha value is -1.73. The molecule has 1 aromatic rings. The molecular weight excluding hydrogens is 314 g/mol. The van der Waals surface area contributed by atoms with Gasteiger partial charge >= 0.3 is 0 Å². The number of carbonyl (C=O) groups is 2. The van der Waals surface area contributed by atoms with Crippen LogP contribution in [0.5, 0.6) is 5.75 Å². The van der Waals surface area contributed by atoms with Gasteiger partial charge in [-0.3, -0.25) is 9.59 Å². The van der Waals surface area contributed by atoms with E-state index in [0.29, 0.717) is 24.7 Å². The zero-order valence-corrected chi connectivity index (χ0v) is 14.0. The number of hydrogen-bond acceptors (Lipinski definition) is 5. The van der Waals surface area contributed by atoms with Crippen LogP contribution in [0.1, 0.15) is 11.6 Å². The largest absolute Gasteiger partial charge is 0.496 e. The lowest BCUT2D eigenvalue weighted by Gasteiger charge is -2.37. The second kappa shape index (κ2) is 7.23. The molecule has 6 nitrogen and oxygen atoms in total. The normalized spacial score (nSPS) is 21.6. The number of rotatable bonds is 4. The molecule has 0 saturated carbocycles. The standard InChI is InChI=1S/C16H21N3O3S/c1-22-14-5-3-2-4-12(14)13-8-17-6-7-19(13)15(20)9-18-11-23-10-16(18)21/h2-5,13,17H,6-11H2,1H3. The van der Waals surface area contributed by atoms with Gasteiger partial charge in [-0.1, -0.05) is 18.2 Å². The number of carbonyl (C=O) groups excluding carboxylic acids is 2. The van der Waals surface area contributed by atoms with E-state index >= 15 is 0 Å². The highest BCUT2D eigenvalue weighted by Crippen LogP contribution is 2.30. The van der Waals surface area contributed by atoms with Crippen LogP contribution in [0.3, 0.4) is 0 Å². The second-order valence-electron chi connectivity index (χ2n) is 5.62. The zero-order chi connectivity index (χ0) is 16.2. The predicted molar refractivity (Wildman–Crippen MR) is 89.4 cm³/mol. The molecule has 2 aliphatic heterocycles. The van der Waals surface area contributed by atoms with Crippen molar-refractivity contribution in [1.82, 2.24) is 15.1 Å². The van der Waals surface area contributed by atoms with E-state index in [4.69, 9.17) is 4.74 Å². The van der Waals surface area contributed by atoms with Gasteiger partial charge in [-0.05, 0) is 6.07 Å². The van der Waals surface area contributed by atoms with Gasteiger partial charge in [0.15, 0.2) is 0 Å². The number of para-hydroxylation sites is 1. The van der Waals surface area contributed by atoms with E-state index in [-0.39, 0.29) is 24.4 Å². The van der Waals surface area contributed by atoms with Crippen molar-refractivity contribution in [3.63, 3.8) is 0 Å². The number of thioether (sulfide) groups is 1. The lowest BCUT2D eigenvalue weighted by atomic mass is 10.0. The summed E-state index contributed by atoms with van der Waals surface area (Å²) in [6.07, 6.45) is 0. The van der Waals surface area contributed by atoms with Gasteiger partial charge in [-0.25, -0.2) is 0 Å². The first-order valence-corrected chi connectivity index (χ1v) is 8.85. The first-order chi connectivity index (χ1) is 11.2. The molecule has 1 aromatic carbocycles. The maximum absolute atomic E-state index is 12.7. The fourth-order valence-electron chi connectivity index (χ4n) is 3.02. The van der Waals surface area contributed by atoms with Crippen LogP contribution in [0.4, 0.5) is 0 Å². The summed E-state index contributed by atoms with van der Waals surface area (Å²) in [6, 6.07) is 7.71. The van der Waals surface area contributed by atoms with Crippen LogP contribution in [0.2, 0.25) is 0 Å². The lowest BCUT2D eigenvalue weighted by molar-refractivity contribution is -0.140. The van der Waals surface area contributed by atoms with Gasteiger partial charge in [-0.15, -0.1) is 11.8 Å². The van der Waals surface area contributed by atoms with Crippen molar-refractivity contribution in [1.29, 1.82) is 0 Å². The van der Waals surface area contributed by atoms with Gasteiger partial charge in [0.05, 0.1) is 24.8 Å². The summed E-state index contributed by atoms with van der Waals surface area (Å²) in [5.74, 6) is 1.92. The smallest absolute Gasteiger partial charge is 0.242 e. The van der Waals surface area contributed by atoms with Crippen molar-refractivity contribution < 1.29 is 14.3 Å². The summed E-state index contributed by atoms with van der Waals surface area (Å²) in [5, 5.41) is 3.34. The van der Waals surface area contributed by atoms with Crippen molar-refractivity contribution in [3.05, 3.63) is 29.8 Å². The van der Waals surface area contributed by atoms with Crippen molar-refractivity contribution in [2.75, 3.05) is 44.9 Å². The van der Waals surface area contributed by atoms with Gasteiger partial charge in [-0.2, -0.15) is 0 Å². The van der Waals surface area contributed by atoms with Gasteiger partial charge in [0, 0.05) is 25.2 Å². The quantitative estimate of drug-likeness (QED) is 0.878. The number of amides is 2. The molecule has 0 aromatic heterocycles. The fraction of sp³-hybridized carbons (Fsp3) is 0.500. The molecule has 0 bridgehead atoms. The third-order valence-corrected chi connectivity index (χ3v) is 5.16. The summed E-state index contributed by atoms with van der Waals surface area (Å²) in [4.78, 5) is 28.0. The van der Waals surface area contributed by atoms with E-state index in [1.54, 1.807) is 23.8 Å². The van der Waals surface area contributed by atoms with E-state index in [2.05, 4.69) is 5.32 Å². The molecule has 2 aliphatic rings. The molecule has 2 amide bonds. The summed E-state index contributed by atoms with van der Waals surface area (Å²) < 4.78 is 5.44. The maximum Gasteiger partial charge on any atom is 0.242 e. The minimum Gasteiger partial charge on any atom is -0.496 e. The fourth-order valence-corrected chi connectivity index (χ4v) is 3.92. The highest BCUT2D eigenvalue weighted by molar-refractivity contribution is 8.00. The van der Waals surface area contributed by atoms with Gasteiger partial charge in [0.2, 0.25) is 11.8 Å². The van der Waals surface area contributed by atoms with Crippen LogP contribution in [0, 0.1) is 0 Å². The van der Waals surface area contributed by atoms with Crippen LogP contribution < -0.4 is 10.1 Å². The summed E-state index contributed by atoms with van der Waals surface area (Å²) in [5.41, 5.74) is 0.998. The van der Waals surface area contributed by atoms with Gasteiger partial charge < -0.3 is 19.9 Å². The Morgan fingerprint density at radius 3 is 3.00 bits per heavy atom. The molecule has 2 heterocycles. The monoisotopic (exact) mass is 335 g/mol. The minimum absolute atomic E-state index is 0.00161. The Labute approximate surface area is 140 Å². The van der Waals surface area contributed by atoms with Crippen LogP contribution in [-0.4, -0.2) is 66.5 Å². The first kappa shape index (κ1) is 16.1. The average molecular weight is 335 g/mol. The molecule has 1 atom stereocenters. The summed E-state index contributed by atoms with van der Waals surface area (Å²) in [7, 11) is 1.64. The molecule has 1 unspecified atom stereocenters. The number of nitrogens with one attached hydrogen (secondary N) is 1. The summed E-state index contributed by atoms with van der Waals surface area (Å²) in [6.45, 7) is 2.25. The van der Waals surface area contributed by atoms with E-state index in [1.807, 2.05) is 29.2 Å². The van der Waals surface area contributed by atoms with Crippen LogP contribution in [-0.2, 0) is 9.59 Å². The Morgan fingerprint density at radius 2 is 2.26 bits per heavy atom. The number of benzene rings is 1. The molecule has 0 aliphatic carbocycles. The number of hydrogen-bond donors (Lipinski definition) is 1. The number of methoxy groups -OCH3 is 1. The third-order valence-electron chi connectivity index (χ3n) is 4.21. The van der Waals surface area contributed by atoms with E-state index in [9.17, 15) is 9.59 Å². The third kappa shape index (κ3) is 3.45. The molecular formula is C16H21N3O3S. The van der Waals surface area contributed by atoms with E-state index < -0.39 is 0 Å². The summed E-state index contributed by atoms with van der Waals surface area (Å²) >= 11 is 1.56. The Bertz CT molecular complexity index is 596.